The number of non-ortho nitro benzene ring substituents is 1. The summed E-state index contributed by atoms with van der Waals surface area (Å²) in [5, 5.41) is 18.9. The van der Waals surface area contributed by atoms with Gasteiger partial charge in [0.2, 0.25) is 10.0 Å². The van der Waals surface area contributed by atoms with Gasteiger partial charge in [0.05, 0.1) is 16.3 Å². The van der Waals surface area contributed by atoms with Crippen LogP contribution in [0.15, 0.2) is 47.4 Å². The molecule has 2 aromatic carbocycles. The lowest BCUT2D eigenvalue weighted by Gasteiger charge is -2.33. The standard InChI is InChI=1S/C20H18F2N6O5S/c1-13-19(23-24-27(13)15-3-2-4-16(12-15)28(30)31)20(29)25-7-9-26(10-8-25)34(32,33)18-11-14(21)5-6-17(18)22/h2-6,11-12H,7-10H2,1H3. The molecule has 11 nitrogen and oxygen atoms in total. The number of aromatic nitrogens is 3. The van der Waals surface area contributed by atoms with Crippen molar-refractivity contribution in [1.82, 2.24) is 24.2 Å². The van der Waals surface area contributed by atoms with Crippen LogP contribution >= 0.6 is 0 Å². The van der Waals surface area contributed by atoms with Crippen molar-refractivity contribution in [3.8, 4) is 5.69 Å². The second-order valence-electron chi connectivity index (χ2n) is 7.48. The molecule has 1 amide bonds. The van der Waals surface area contributed by atoms with Crippen LogP contribution in [-0.4, -0.2) is 69.6 Å². The maximum absolute atomic E-state index is 14.0. The van der Waals surface area contributed by atoms with E-state index in [9.17, 15) is 32.1 Å². The monoisotopic (exact) mass is 492 g/mol. The number of carbonyl (C=O) groups excluding carboxylic acids is 1. The van der Waals surface area contributed by atoms with Gasteiger partial charge in [-0.2, -0.15) is 4.31 Å². The second-order valence-corrected chi connectivity index (χ2v) is 9.39. The lowest BCUT2D eigenvalue weighted by molar-refractivity contribution is -0.384. The van der Waals surface area contributed by atoms with Crippen LogP contribution in [0.1, 0.15) is 16.2 Å². The van der Waals surface area contributed by atoms with Gasteiger partial charge in [0.1, 0.15) is 16.5 Å². The molecule has 0 bridgehead atoms. The fourth-order valence-electron chi connectivity index (χ4n) is 3.61. The summed E-state index contributed by atoms with van der Waals surface area (Å²) in [6.07, 6.45) is 0. The van der Waals surface area contributed by atoms with Crippen LogP contribution in [0.25, 0.3) is 5.69 Å². The van der Waals surface area contributed by atoms with Gasteiger partial charge in [-0.05, 0) is 31.2 Å². The van der Waals surface area contributed by atoms with E-state index in [1.54, 1.807) is 13.0 Å². The fraction of sp³-hybridized carbons (Fsp3) is 0.250. The highest BCUT2D eigenvalue weighted by atomic mass is 32.2. The van der Waals surface area contributed by atoms with Crippen molar-refractivity contribution >= 4 is 21.6 Å². The van der Waals surface area contributed by atoms with E-state index >= 15 is 0 Å². The summed E-state index contributed by atoms with van der Waals surface area (Å²) in [6.45, 7) is 1.33. The molecule has 14 heteroatoms. The Balaban J connectivity index is 1.50. The van der Waals surface area contributed by atoms with E-state index in [2.05, 4.69) is 10.3 Å². The SMILES string of the molecule is Cc1c(C(=O)N2CCN(S(=O)(=O)c3cc(F)ccc3F)CC2)nnn1-c1cccc([N+](=O)[O-])c1. The number of halogens is 2. The Bertz CT molecular complexity index is 1390. The highest BCUT2D eigenvalue weighted by Gasteiger charge is 2.33. The van der Waals surface area contributed by atoms with Gasteiger partial charge in [-0.1, -0.05) is 11.3 Å². The van der Waals surface area contributed by atoms with Crippen LogP contribution < -0.4 is 0 Å². The summed E-state index contributed by atoms with van der Waals surface area (Å²) in [4.78, 5) is 24.1. The average Bonchev–Trinajstić information content (AvgIpc) is 3.21. The van der Waals surface area contributed by atoms with Crippen LogP contribution in [0.5, 0.6) is 0 Å². The van der Waals surface area contributed by atoms with E-state index in [1.165, 1.54) is 27.8 Å². The van der Waals surface area contributed by atoms with Gasteiger partial charge < -0.3 is 4.90 Å². The van der Waals surface area contributed by atoms with Crippen molar-refractivity contribution in [2.24, 2.45) is 0 Å². The third-order valence-electron chi connectivity index (χ3n) is 5.42. The lowest BCUT2D eigenvalue weighted by Crippen LogP contribution is -2.50. The molecule has 0 spiro atoms. The minimum Gasteiger partial charge on any atom is -0.335 e. The molecule has 4 rings (SSSR count). The largest absolute Gasteiger partial charge is 0.335 e. The molecule has 178 valence electrons. The molecule has 0 unspecified atom stereocenters. The zero-order chi connectivity index (χ0) is 24.6. The minimum absolute atomic E-state index is 0.00188. The number of hydrogen-bond acceptors (Lipinski definition) is 7. The van der Waals surface area contributed by atoms with Crippen molar-refractivity contribution in [3.05, 3.63) is 75.6 Å². The maximum Gasteiger partial charge on any atom is 0.276 e. The fourth-order valence-corrected chi connectivity index (χ4v) is 5.10. The number of piperazine rings is 1. The summed E-state index contributed by atoms with van der Waals surface area (Å²) >= 11 is 0. The van der Waals surface area contributed by atoms with Gasteiger partial charge >= 0.3 is 0 Å². The summed E-state index contributed by atoms with van der Waals surface area (Å²) in [5.41, 5.74) is 0.569. The maximum atomic E-state index is 14.0. The summed E-state index contributed by atoms with van der Waals surface area (Å²) in [7, 11) is -4.29. The van der Waals surface area contributed by atoms with E-state index in [1.807, 2.05) is 0 Å². The normalized spacial score (nSPS) is 14.9. The van der Waals surface area contributed by atoms with Gasteiger partial charge in [-0.15, -0.1) is 5.10 Å². The first kappa shape index (κ1) is 23.4. The zero-order valence-electron chi connectivity index (χ0n) is 17.8. The molecule has 1 aromatic heterocycles. The Kier molecular flexibility index (Phi) is 6.10. The molecule has 34 heavy (non-hydrogen) atoms. The quantitative estimate of drug-likeness (QED) is 0.393. The van der Waals surface area contributed by atoms with E-state index < -0.39 is 37.4 Å². The number of rotatable bonds is 5. The first-order valence-electron chi connectivity index (χ1n) is 10.0. The number of sulfonamides is 1. The summed E-state index contributed by atoms with van der Waals surface area (Å²) in [5.74, 6) is -2.44. The van der Waals surface area contributed by atoms with Gasteiger partial charge in [0.15, 0.2) is 5.69 Å². The third kappa shape index (κ3) is 4.24. The molecule has 1 saturated heterocycles. The number of carbonyl (C=O) groups is 1. The van der Waals surface area contributed by atoms with Crippen LogP contribution in [-0.2, 0) is 10.0 Å². The number of nitro groups is 1. The molecule has 0 saturated carbocycles. The van der Waals surface area contributed by atoms with Crippen molar-refractivity contribution < 1.29 is 26.9 Å². The Morgan fingerprint density at radius 2 is 1.79 bits per heavy atom. The molecular formula is C20H18F2N6O5S. The van der Waals surface area contributed by atoms with Crippen LogP contribution in [0.4, 0.5) is 14.5 Å². The van der Waals surface area contributed by atoms with Crippen molar-refractivity contribution in [2.45, 2.75) is 11.8 Å². The van der Waals surface area contributed by atoms with Crippen molar-refractivity contribution in [1.29, 1.82) is 0 Å². The van der Waals surface area contributed by atoms with E-state index in [4.69, 9.17) is 0 Å². The highest BCUT2D eigenvalue weighted by Crippen LogP contribution is 2.23. The third-order valence-corrected chi connectivity index (χ3v) is 7.33. The smallest absolute Gasteiger partial charge is 0.276 e. The molecule has 1 aliphatic heterocycles. The highest BCUT2D eigenvalue weighted by molar-refractivity contribution is 7.89. The Hall–Kier alpha value is -3.78. The van der Waals surface area contributed by atoms with Crippen LogP contribution in [0.3, 0.4) is 0 Å². The second kappa shape index (κ2) is 8.87. The molecule has 2 heterocycles. The molecule has 3 aromatic rings. The predicted octanol–water partition coefficient (Wildman–Crippen LogP) is 1.91. The van der Waals surface area contributed by atoms with Gasteiger partial charge in [0.25, 0.3) is 11.6 Å². The number of hydrogen-bond donors (Lipinski definition) is 0. The van der Waals surface area contributed by atoms with E-state index in [0.717, 1.165) is 16.4 Å². The molecule has 1 fully saturated rings. The topological polar surface area (TPSA) is 132 Å². The number of amides is 1. The van der Waals surface area contributed by atoms with Gasteiger partial charge in [0, 0.05) is 38.3 Å². The van der Waals surface area contributed by atoms with Gasteiger partial charge in [-0.3, -0.25) is 14.9 Å². The molecule has 0 N–H and O–H groups in total. The Morgan fingerprint density at radius 1 is 1.09 bits per heavy atom. The molecular weight excluding hydrogens is 474 g/mol. The Morgan fingerprint density at radius 3 is 2.47 bits per heavy atom. The van der Waals surface area contributed by atoms with Gasteiger partial charge in [-0.25, -0.2) is 21.9 Å². The van der Waals surface area contributed by atoms with Crippen molar-refractivity contribution in [2.75, 3.05) is 26.2 Å². The number of nitrogens with zero attached hydrogens (tertiary/aromatic N) is 6. The van der Waals surface area contributed by atoms with Crippen LogP contribution in [0, 0.1) is 28.7 Å². The average molecular weight is 492 g/mol. The molecule has 0 atom stereocenters. The first-order chi connectivity index (χ1) is 16.1. The molecule has 0 radical (unpaired) electrons. The minimum atomic E-state index is -4.29. The molecule has 0 aliphatic carbocycles. The van der Waals surface area contributed by atoms with E-state index in [0.29, 0.717) is 17.4 Å². The predicted molar refractivity (Wildman–Crippen MR) is 114 cm³/mol. The van der Waals surface area contributed by atoms with E-state index in [-0.39, 0.29) is 37.6 Å². The Labute approximate surface area is 192 Å². The number of benzene rings is 2. The number of nitro benzene ring substituents is 1. The molecule has 1 aliphatic rings. The summed E-state index contributed by atoms with van der Waals surface area (Å²) < 4.78 is 55.2. The lowest BCUT2D eigenvalue weighted by atomic mass is 10.2. The van der Waals surface area contributed by atoms with Crippen molar-refractivity contribution in [3.63, 3.8) is 0 Å². The first-order valence-corrected chi connectivity index (χ1v) is 11.4. The van der Waals surface area contributed by atoms with Crippen LogP contribution in [0.2, 0.25) is 0 Å². The zero-order valence-corrected chi connectivity index (χ0v) is 18.6. The summed E-state index contributed by atoms with van der Waals surface area (Å²) in [6, 6.07) is 7.88.